The molecule has 0 amide bonds. The number of pyridine rings is 1. The van der Waals surface area contributed by atoms with Crippen molar-refractivity contribution in [3.05, 3.63) is 27.0 Å². The van der Waals surface area contributed by atoms with Crippen molar-refractivity contribution >= 4 is 34.8 Å². The molecule has 4 heteroatoms. The summed E-state index contributed by atoms with van der Waals surface area (Å²) in [6.45, 7) is 4.00. The molecule has 0 bridgehead atoms. The van der Waals surface area contributed by atoms with Gasteiger partial charge in [0.25, 0.3) is 0 Å². The van der Waals surface area contributed by atoms with E-state index in [1.807, 2.05) is 13.8 Å². The van der Waals surface area contributed by atoms with E-state index < -0.39 is 0 Å². The highest BCUT2D eigenvalue weighted by atomic mass is 35.5. The Kier molecular flexibility index (Phi) is 3.22. The van der Waals surface area contributed by atoms with E-state index in [-0.39, 0.29) is 5.92 Å². The Morgan fingerprint density at radius 3 is 2.25 bits per heavy atom. The number of nitrogens with zero attached hydrogens (tertiary/aromatic N) is 1. The van der Waals surface area contributed by atoms with E-state index in [2.05, 4.69) is 4.98 Å². The van der Waals surface area contributed by atoms with Gasteiger partial charge in [0.15, 0.2) is 0 Å². The minimum Gasteiger partial charge on any atom is -0.238 e. The maximum absolute atomic E-state index is 5.89. The molecule has 1 nitrogen and oxygen atoms in total. The monoisotopic (exact) mass is 223 g/mol. The van der Waals surface area contributed by atoms with Gasteiger partial charge in [0, 0.05) is 0 Å². The van der Waals surface area contributed by atoms with Crippen LogP contribution in [-0.2, 0) is 0 Å². The summed E-state index contributed by atoms with van der Waals surface area (Å²) in [5, 5.41) is 1.27. The van der Waals surface area contributed by atoms with Gasteiger partial charge in [-0.05, 0) is 12.0 Å². The molecule has 1 rings (SSSR count). The molecule has 0 aliphatic carbocycles. The van der Waals surface area contributed by atoms with E-state index in [4.69, 9.17) is 34.8 Å². The lowest BCUT2D eigenvalue weighted by Gasteiger charge is -2.07. The zero-order valence-electron chi connectivity index (χ0n) is 6.74. The Balaban J connectivity index is 3.23. The van der Waals surface area contributed by atoms with E-state index in [9.17, 15) is 0 Å². The molecule has 1 aromatic rings. The molecule has 1 heterocycles. The molecule has 0 saturated heterocycles. The Morgan fingerprint density at radius 1 is 1.17 bits per heavy atom. The van der Waals surface area contributed by atoms with Gasteiger partial charge in [-0.25, -0.2) is 4.98 Å². The third kappa shape index (κ3) is 2.03. The van der Waals surface area contributed by atoms with Crippen molar-refractivity contribution in [2.24, 2.45) is 0 Å². The number of rotatable bonds is 1. The van der Waals surface area contributed by atoms with E-state index in [0.717, 1.165) is 5.69 Å². The average molecular weight is 225 g/mol. The third-order valence-corrected chi connectivity index (χ3v) is 2.44. The standard InChI is InChI=1S/C8H8Cl3N/c1-4(2)7-5(9)3-6(10)8(11)12-7/h3-4H,1-2H3. The van der Waals surface area contributed by atoms with Gasteiger partial charge in [0.2, 0.25) is 0 Å². The molecule has 0 spiro atoms. The van der Waals surface area contributed by atoms with Crippen LogP contribution < -0.4 is 0 Å². The molecule has 0 aliphatic heterocycles. The van der Waals surface area contributed by atoms with Gasteiger partial charge in [0.05, 0.1) is 15.7 Å². The Bertz CT molecular complexity index is 297. The maximum atomic E-state index is 5.89. The van der Waals surface area contributed by atoms with Crippen molar-refractivity contribution in [2.45, 2.75) is 19.8 Å². The largest absolute Gasteiger partial charge is 0.238 e. The van der Waals surface area contributed by atoms with Gasteiger partial charge >= 0.3 is 0 Å². The minimum atomic E-state index is 0.257. The highest BCUT2D eigenvalue weighted by molar-refractivity contribution is 6.42. The first-order chi connectivity index (χ1) is 5.52. The Labute approximate surface area is 86.7 Å². The maximum Gasteiger partial charge on any atom is 0.148 e. The summed E-state index contributed by atoms with van der Waals surface area (Å²) in [7, 11) is 0. The predicted octanol–water partition coefficient (Wildman–Crippen LogP) is 4.17. The second-order valence-electron chi connectivity index (χ2n) is 2.78. The molecule has 66 valence electrons. The molecule has 0 aromatic carbocycles. The van der Waals surface area contributed by atoms with Crippen LogP contribution in [0.15, 0.2) is 6.07 Å². The van der Waals surface area contributed by atoms with Crippen LogP contribution in [-0.4, -0.2) is 4.98 Å². The van der Waals surface area contributed by atoms with Gasteiger partial charge in [0.1, 0.15) is 5.15 Å². The number of aromatic nitrogens is 1. The Morgan fingerprint density at radius 2 is 1.75 bits per heavy atom. The molecule has 0 aliphatic rings. The quantitative estimate of drug-likeness (QED) is 0.653. The average Bonchev–Trinajstić information content (AvgIpc) is 1.96. The summed E-state index contributed by atoms with van der Waals surface area (Å²) in [6, 6.07) is 1.62. The summed E-state index contributed by atoms with van der Waals surface area (Å²) in [5.41, 5.74) is 0.783. The van der Waals surface area contributed by atoms with E-state index in [0.29, 0.717) is 15.2 Å². The summed E-state index contributed by atoms with van der Waals surface area (Å²) in [5.74, 6) is 0.257. The fourth-order valence-electron chi connectivity index (χ4n) is 0.862. The lowest BCUT2D eigenvalue weighted by Crippen LogP contribution is -1.94. The minimum absolute atomic E-state index is 0.257. The normalized spacial score (nSPS) is 10.8. The molecule has 1 aromatic heterocycles. The van der Waals surface area contributed by atoms with Crippen LogP contribution in [0, 0.1) is 0 Å². The lowest BCUT2D eigenvalue weighted by molar-refractivity contribution is 0.823. The SMILES string of the molecule is CC(C)c1nc(Cl)c(Cl)cc1Cl. The first-order valence-electron chi connectivity index (χ1n) is 3.53. The summed E-state index contributed by atoms with van der Waals surface area (Å²) in [4.78, 5) is 4.07. The van der Waals surface area contributed by atoms with Gasteiger partial charge in [-0.2, -0.15) is 0 Å². The van der Waals surface area contributed by atoms with Gasteiger partial charge in [-0.15, -0.1) is 0 Å². The molecule has 0 fully saturated rings. The van der Waals surface area contributed by atoms with Crippen molar-refractivity contribution in [3.63, 3.8) is 0 Å². The van der Waals surface area contributed by atoms with Crippen LogP contribution in [0.1, 0.15) is 25.5 Å². The number of hydrogen-bond acceptors (Lipinski definition) is 1. The lowest BCUT2D eigenvalue weighted by atomic mass is 10.1. The summed E-state index contributed by atoms with van der Waals surface area (Å²) >= 11 is 17.3. The molecule has 0 saturated carbocycles. The molecular weight excluding hydrogens is 216 g/mol. The Hall–Kier alpha value is 0.0200. The van der Waals surface area contributed by atoms with Gasteiger partial charge < -0.3 is 0 Å². The van der Waals surface area contributed by atoms with Crippen LogP contribution in [0.2, 0.25) is 15.2 Å². The van der Waals surface area contributed by atoms with E-state index >= 15 is 0 Å². The van der Waals surface area contributed by atoms with E-state index in [1.54, 1.807) is 6.07 Å². The first kappa shape index (κ1) is 10.1. The van der Waals surface area contributed by atoms with Crippen LogP contribution in [0.4, 0.5) is 0 Å². The van der Waals surface area contributed by atoms with Gasteiger partial charge in [-0.1, -0.05) is 48.7 Å². The second-order valence-corrected chi connectivity index (χ2v) is 3.96. The zero-order chi connectivity index (χ0) is 9.30. The molecule has 0 N–H and O–H groups in total. The first-order valence-corrected chi connectivity index (χ1v) is 4.67. The number of hydrogen-bond donors (Lipinski definition) is 0. The fraction of sp³-hybridized carbons (Fsp3) is 0.375. The van der Waals surface area contributed by atoms with Crippen molar-refractivity contribution < 1.29 is 0 Å². The van der Waals surface area contributed by atoms with Crippen LogP contribution >= 0.6 is 34.8 Å². The molecular formula is C8H8Cl3N. The van der Waals surface area contributed by atoms with E-state index in [1.165, 1.54) is 0 Å². The predicted molar refractivity (Wildman–Crippen MR) is 53.4 cm³/mol. The molecule has 0 atom stereocenters. The van der Waals surface area contributed by atoms with Crippen molar-refractivity contribution in [3.8, 4) is 0 Å². The summed E-state index contributed by atoms with van der Waals surface area (Å²) in [6.07, 6.45) is 0. The highest BCUT2D eigenvalue weighted by Gasteiger charge is 2.10. The zero-order valence-corrected chi connectivity index (χ0v) is 9.00. The van der Waals surface area contributed by atoms with Crippen molar-refractivity contribution in [1.29, 1.82) is 0 Å². The third-order valence-electron chi connectivity index (χ3n) is 1.46. The topological polar surface area (TPSA) is 12.9 Å². The summed E-state index contributed by atoms with van der Waals surface area (Å²) < 4.78 is 0. The van der Waals surface area contributed by atoms with Crippen LogP contribution in [0.3, 0.4) is 0 Å². The van der Waals surface area contributed by atoms with Crippen LogP contribution in [0.25, 0.3) is 0 Å². The highest BCUT2D eigenvalue weighted by Crippen LogP contribution is 2.29. The molecule has 12 heavy (non-hydrogen) atoms. The molecule has 0 radical (unpaired) electrons. The second kappa shape index (κ2) is 3.82. The van der Waals surface area contributed by atoms with Crippen molar-refractivity contribution in [1.82, 2.24) is 4.98 Å². The number of halogens is 3. The van der Waals surface area contributed by atoms with Crippen LogP contribution in [0.5, 0.6) is 0 Å². The van der Waals surface area contributed by atoms with Crippen molar-refractivity contribution in [2.75, 3.05) is 0 Å². The van der Waals surface area contributed by atoms with Gasteiger partial charge in [-0.3, -0.25) is 0 Å². The molecule has 0 unspecified atom stereocenters. The fourth-order valence-corrected chi connectivity index (χ4v) is 1.58. The smallest absolute Gasteiger partial charge is 0.148 e.